The third kappa shape index (κ3) is 22.9. The normalized spacial score (nSPS) is 10.7. The van der Waals surface area contributed by atoms with Gasteiger partial charge in [0, 0.05) is 19.8 Å². The minimum Gasteiger partial charge on any atom is -0.466 e. The third-order valence-electron chi connectivity index (χ3n) is 4.84. The maximum atomic E-state index is 11.5. The Kier molecular flexibility index (Phi) is 20.4. The molecule has 0 saturated carbocycles. The van der Waals surface area contributed by atoms with E-state index in [1.54, 1.807) is 0 Å². The van der Waals surface area contributed by atoms with E-state index in [1.165, 1.54) is 90.4 Å². The lowest BCUT2D eigenvalue weighted by atomic mass is 10.0. The number of hydrogen-bond donors (Lipinski definition) is 0. The van der Waals surface area contributed by atoms with E-state index < -0.39 is 0 Å². The van der Waals surface area contributed by atoms with Crippen molar-refractivity contribution in [2.75, 3.05) is 13.2 Å². The van der Waals surface area contributed by atoms with Crippen molar-refractivity contribution < 1.29 is 19.1 Å². The highest BCUT2D eigenvalue weighted by Gasteiger charge is 2.03. The molecule has 0 fully saturated rings. The van der Waals surface area contributed by atoms with Crippen molar-refractivity contribution in [2.45, 2.75) is 123 Å². The zero-order valence-corrected chi connectivity index (χ0v) is 18.1. The molecule has 0 aliphatic rings. The summed E-state index contributed by atoms with van der Waals surface area (Å²) in [5, 5.41) is 0. The van der Waals surface area contributed by atoms with Crippen LogP contribution in [-0.2, 0) is 19.1 Å². The summed E-state index contributed by atoms with van der Waals surface area (Å²) in [6.07, 6.45) is 20.9. The molecule has 4 heteroatoms. The number of ether oxygens (including phenoxy) is 2. The van der Waals surface area contributed by atoms with Crippen molar-refractivity contribution in [1.82, 2.24) is 0 Å². The summed E-state index contributed by atoms with van der Waals surface area (Å²) in [4.78, 5) is 22.1. The van der Waals surface area contributed by atoms with Crippen LogP contribution in [-0.4, -0.2) is 25.2 Å². The van der Waals surface area contributed by atoms with E-state index in [0.29, 0.717) is 26.1 Å². The summed E-state index contributed by atoms with van der Waals surface area (Å²) in [5.41, 5.74) is 0. The van der Waals surface area contributed by atoms with Gasteiger partial charge in [-0.15, -0.1) is 0 Å². The first-order valence-corrected chi connectivity index (χ1v) is 11.5. The fourth-order valence-electron chi connectivity index (χ4n) is 3.17. The van der Waals surface area contributed by atoms with Gasteiger partial charge in [0.05, 0.1) is 13.2 Å². The average Bonchev–Trinajstić information content (AvgIpc) is 2.64. The number of carbonyl (C=O) groups is 2. The Morgan fingerprint density at radius 2 is 0.963 bits per heavy atom. The van der Waals surface area contributed by atoms with Gasteiger partial charge in [0.2, 0.25) is 0 Å². The largest absolute Gasteiger partial charge is 0.466 e. The first kappa shape index (κ1) is 25.9. The van der Waals surface area contributed by atoms with Gasteiger partial charge in [-0.1, -0.05) is 96.8 Å². The number of hydrogen-bond acceptors (Lipinski definition) is 4. The summed E-state index contributed by atoms with van der Waals surface area (Å²) < 4.78 is 9.90. The second-order valence-corrected chi connectivity index (χ2v) is 7.61. The number of esters is 2. The Labute approximate surface area is 167 Å². The zero-order chi connectivity index (χ0) is 20.0. The lowest BCUT2D eigenvalue weighted by molar-refractivity contribution is -0.145. The zero-order valence-electron chi connectivity index (χ0n) is 18.1. The molecule has 0 rings (SSSR count). The van der Waals surface area contributed by atoms with Crippen molar-refractivity contribution in [3.63, 3.8) is 0 Å². The molecular formula is C23H44O4. The van der Waals surface area contributed by atoms with Crippen molar-refractivity contribution in [3.8, 4) is 0 Å². The smallest absolute Gasteiger partial charge is 0.305 e. The van der Waals surface area contributed by atoms with Crippen LogP contribution in [0.25, 0.3) is 0 Å². The fourth-order valence-corrected chi connectivity index (χ4v) is 3.17. The Hall–Kier alpha value is -1.06. The summed E-state index contributed by atoms with van der Waals surface area (Å²) >= 11 is 0. The Bertz CT molecular complexity index is 341. The molecule has 0 aliphatic carbocycles. The fraction of sp³-hybridized carbons (Fsp3) is 0.913. The van der Waals surface area contributed by atoms with Crippen molar-refractivity contribution in [1.29, 1.82) is 0 Å². The highest BCUT2D eigenvalue weighted by molar-refractivity contribution is 5.69. The van der Waals surface area contributed by atoms with Crippen LogP contribution in [0.5, 0.6) is 0 Å². The van der Waals surface area contributed by atoms with E-state index in [2.05, 4.69) is 6.92 Å². The van der Waals surface area contributed by atoms with E-state index in [1.807, 2.05) is 0 Å². The highest BCUT2D eigenvalue weighted by atomic mass is 16.5. The molecule has 0 aromatic heterocycles. The second kappa shape index (κ2) is 21.2. The van der Waals surface area contributed by atoms with Gasteiger partial charge in [-0.3, -0.25) is 9.59 Å². The van der Waals surface area contributed by atoms with Crippen LogP contribution in [0.15, 0.2) is 0 Å². The van der Waals surface area contributed by atoms with Gasteiger partial charge in [0.1, 0.15) is 0 Å². The van der Waals surface area contributed by atoms with E-state index in [4.69, 9.17) is 9.47 Å². The quantitative estimate of drug-likeness (QED) is 0.172. The van der Waals surface area contributed by atoms with Crippen molar-refractivity contribution in [2.24, 2.45) is 0 Å². The number of unbranched alkanes of at least 4 members (excludes halogenated alkanes) is 14. The summed E-state index contributed by atoms with van der Waals surface area (Å²) in [6.45, 7) is 4.31. The Balaban J connectivity index is 3.13. The van der Waals surface area contributed by atoms with Gasteiger partial charge < -0.3 is 9.47 Å². The summed E-state index contributed by atoms with van der Waals surface area (Å²) in [6, 6.07) is 0. The van der Waals surface area contributed by atoms with Gasteiger partial charge in [0.25, 0.3) is 0 Å². The average molecular weight is 385 g/mol. The van der Waals surface area contributed by atoms with E-state index in [-0.39, 0.29) is 11.9 Å². The molecule has 0 aromatic carbocycles. The monoisotopic (exact) mass is 384 g/mol. The molecule has 0 aliphatic heterocycles. The number of rotatable bonds is 20. The molecule has 0 spiro atoms. The van der Waals surface area contributed by atoms with Gasteiger partial charge in [-0.25, -0.2) is 0 Å². The molecule has 0 bridgehead atoms. The predicted octanol–water partition coefficient (Wildman–Crippen LogP) is 6.74. The predicted molar refractivity (Wildman–Crippen MR) is 112 cm³/mol. The number of carbonyl (C=O) groups excluding carboxylic acids is 2. The van der Waals surface area contributed by atoms with Crippen LogP contribution in [0.4, 0.5) is 0 Å². The molecule has 0 heterocycles. The van der Waals surface area contributed by atoms with Crippen molar-refractivity contribution >= 4 is 11.9 Å². The molecule has 0 unspecified atom stereocenters. The van der Waals surface area contributed by atoms with Crippen LogP contribution in [0.3, 0.4) is 0 Å². The molecule has 0 radical (unpaired) electrons. The topological polar surface area (TPSA) is 52.6 Å². The summed E-state index contributed by atoms with van der Waals surface area (Å²) in [7, 11) is 0. The molecule has 0 atom stereocenters. The van der Waals surface area contributed by atoms with Gasteiger partial charge >= 0.3 is 11.9 Å². The van der Waals surface area contributed by atoms with E-state index in [0.717, 1.165) is 12.8 Å². The minimum absolute atomic E-state index is 0.132. The van der Waals surface area contributed by atoms with Gasteiger partial charge in [-0.2, -0.15) is 0 Å². The van der Waals surface area contributed by atoms with Crippen LogP contribution >= 0.6 is 0 Å². The molecule has 0 amide bonds. The lowest BCUT2D eigenvalue weighted by Crippen LogP contribution is -2.09. The maximum Gasteiger partial charge on any atom is 0.305 e. The van der Waals surface area contributed by atoms with Crippen LogP contribution in [0.2, 0.25) is 0 Å². The molecule has 160 valence electrons. The first-order chi connectivity index (χ1) is 13.2. The van der Waals surface area contributed by atoms with Crippen LogP contribution in [0, 0.1) is 0 Å². The molecule has 0 saturated heterocycles. The molecule has 0 aromatic rings. The van der Waals surface area contributed by atoms with E-state index in [9.17, 15) is 9.59 Å². The highest BCUT2D eigenvalue weighted by Crippen LogP contribution is 2.13. The molecular weight excluding hydrogens is 340 g/mol. The lowest BCUT2D eigenvalue weighted by Gasteiger charge is -2.05. The van der Waals surface area contributed by atoms with E-state index >= 15 is 0 Å². The van der Waals surface area contributed by atoms with Crippen LogP contribution < -0.4 is 0 Å². The Morgan fingerprint density at radius 3 is 1.41 bits per heavy atom. The molecule has 4 nitrogen and oxygen atoms in total. The Morgan fingerprint density at radius 1 is 0.556 bits per heavy atom. The first-order valence-electron chi connectivity index (χ1n) is 11.5. The maximum absolute atomic E-state index is 11.5. The van der Waals surface area contributed by atoms with Crippen LogP contribution in [0.1, 0.15) is 123 Å². The third-order valence-corrected chi connectivity index (χ3v) is 4.84. The standard InChI is InChI=1S/C23H44O4/c1-3-4-5-6-7-8-9-10-11-12-13-14-15-16-17-19-23(25)27-21-18-20-26-22(2)24/h3-21H2,1-2H3. The van der Waals surface area contributed by atoms with Gasteiger partial charge in [0.15, 0.2) is 0 Å². The summed E-state index contributed by atoms with van der Waals surface area (Å²) in [5.74, 6) is -0.424. The molecule has 0 N–H and O–H groups in total. The van der Waals surface area contributed by atoms with Crippen molar-refractivity contribution in [3.05, 3.63) is 0 Å². The SMILES string of the molecule is CCCCCCCCCCCCCCCCCC(=O)OCCCOC(C)=O. The van der Waals surface area contributed by atoms with Gasteiger partial charge in [-0.05, 0) is 6.42 Å². The molecule has 27 heavy (non-hydrogen) atoms. The second-order valence-electron chi connectivity index (χ2n) is 7.61. The minimum atomic E-state index is -0.292.